The molecule has 0 bridgehead atoms. The number of aromatic nitrogens is 2. The molecule has 0 amide bonds. The lowest BCUT2D eigenvalue weighted by Crippen LogP contribution is -2.42. The molecule has 1 aromatic carbocycles. The second-order valence-corrected chi connectivity index (χ2v) is 6.65. The Hall–Kier alpha value is -2.63. The first-order chi connectivity index (χ1) is 12.2. The van der Waals surface area contributed by atoms with Gasteiger partial charge in [-0.1, -0.05) is 25.8 Å². The Morgan fingerprint density at radius 1 is 1.20 bits per heavy atom. The highest BCUT2D eigenvalue weighted by molar-refractivity contribution is 5.75. The molecule has 2 aliphatic rings. The lowest BCUT2D eigenvalue weighted by atomic mass is 9.74. The van der Waals surface area contributed by atoms with E-state index in [1.165, 1.54) is 6.33 Å². The molecule has 1 unspecified atom stereocenters. The molecule has 0 aliphatic carbocycles. The number of aliphatic imine (C=N–C) groups is 1. The maximum atomic E-state index is 6.05. The van der Waals surface area contributed by atoms with Gasteiger partial charge in [0.25, 0.3) is 6.02 Å². The van der Waals surface area contributed by atoms with Gasteiger partial charge in [-0.15, -0.1) is 0 Å². The quantitative estimate of drug-likeness (QED) is 0.927. The number of nitrogens with zero attached hydrogens (tertiary/aromatic N) is 3. The van der Waals surface area contributed by atoms with E-state index in [0.717, 1.165) is 41.7 Å². The van der Waals surface area contributed by atoms with Crippen LogP contribution in [0.5, 0.6) is 5.75 Å². The van der Waals surface area contributed by atoms with E-state index in [4.69, 9.17) is 20.2 Å². The minimum absolute atomic E-state index is 0.253. The van der Waals surface area contributed by atoms with E-state index in [1.807, 2.05) is 24.5 Å². The average Bonchev–Trinajstić information content (AvgIpc) is 3.04. The fourth-order valence-corrected chi connectivity index (χ4v) is 3.73. The van der Waals surface area contributed by atoms with Crippen molar-refractivity contribution in [1.29, 1.82) is 0 Å². The van der Waals surface area contributed by atoms with Gasteiger partial charge in [-0.3, -0.25) is 0 Å². The molecule has 2 aliphatic heterocycles. The van der Waals surface area contributed by atoms with Crippen molar-refractivity contribution in [3.63, 3.8) is 0 Å². The highest BCUT2D eigenvalue weighted by atomic mass is 16.5. The molecule has 2 atom stereocenters. The van der Waals surface area contributed by atoms with Gasteiger partial charge in [-0.25, -0.2) is 15.0 Å². The first-order valence-corrected chi connectivity index (χ1v) is 8.74. The second-order valence-electron chi connectivity index (χ2n) is 6.65. The van der Waals surface area contributed by atoms with Crippen molar-refractivity contribution >= 4 is 6.02 Å². The van der Waals surface area contributed by atoms with E-state index >= 15 is 0 Å². The third-order valence-corrected chi connectivity index (χ3v) is 5.11. The number of unbranched alkanes of at least 4 members (excludes halogenated alkanes) is 1. The smallest absolute Gasteiger partial charge is 0.283 e. The van der Waals surface area contributed by atoms with E-state index in [9.17, 15) is 0 Å². The summed E-state index contributed by atoms with van der Waals surface area (Å²) in [5, 5.41) is 0. The molecule has 0 radical (unpaired) electrons. The SMILES string of the molecule is CCCC[C@@H]1COc2ccc(-c3cncnc3)cc2C12COC(N)=N2. The minimum atomic E-state index is -0.460. The van der Waals surface area contributed by atoms with Crippen LogP contribution in [0.25, 0.3) is 11.1 Å². The zero-order valence-corrected chi connectivity index (χ0v) is 14.3. The average molecular weight is 338 g/mol. The van der Waals surface area contributed by atoms with E-state index in [0.29, 0.717) is 13.2 Å². The predicted octanol–water partition coefficient (Wildman–Crippen LogP) is 2.88. The third kappa shape index (κ3) is 2.71. The highest BCUT2D eigenvalue weighted by Gasteiger charge is 2.49. The monoisotopic (exact) mass is 338 g/mol. The van der Waals surface area contributed by atoms with Crippen LogP contribution in [0.2, 0.25) is 0 Å². The van der Waals surface area contributed by atoms with Crippen molar-refractivity contribution in [2.75, 3.05) is 13.2 Å². The summed E-state index contributed by atoms with van der Waals surface area (Å²) in [5.74, 6) is 1.11. The molecule has 130 valence electrons. The molecule has 2 aromatic rings. The van der Waals surface area contributed by atoms with Crippen molar-refractivity contribution in [3.05, 3.63) is 42.5 Å². The van der Waals surface area contributed by atoms with Crippen LogP contribution in [0, 0.1) is 5.92 Å². The summed E-state index contributed by atoms with van der Waals surface area (Å²) in [5.41, 5.74) is 8.49. The summed E-state index contributed by atoms with van der Waals surface area (Å²) in [6.45, 7) is 3.31. The van der Waals surface area contributed by atoms with Gasteiger partial charge in [-0.05, 0) is 24.1 Å². The topological polar surface area (TPSA) is 82.6 Å². The maximum absolute atomic E-state index is 6.05. The molecule has 0 fully saturated rings. The van der Waals surface area contributed by atoms with Gasteiger partial charge in [0.2, 0.25) is 0 Å². The number of benzene rings is 1. The summed E-state index contributed by atoms with van der Waals surface area (Å²) in [6.07, 6.45) is 8.45. The Labute approximate surface area is 147 Å². The first kappa shape index (κ1) is 15.9. The van der Waals surface area contributed by atoms with Crippen molar-refractivity contribution in [2.45, 2.75) is 31.7 Å². The number of hydrogen-bond acceptors (Lipinski definition) is 6. The molecule has 3 heterocycles. The fraction of sp³-hybridized carbons (Fsp3) is 0.421. The Morgan fingerprint density at radius 3 is 2.76 bits per heavy atom. The van der Waals surface area contributed by atoms with Crippen LogP contribution in [0.4, 0.5) is 0 Å². The molecule has 0 saturated heterocycles. The van der Waals surface area contributed by atoms with Crippen LogP contribution in [0.1, 0.15) is 31.7 Å². The second kappa shape index (κ2) is 6.35. The predicted molar refractivity (Wildman–Crippen MR) is 95.2 cm³/mol. The van der Waals surface area contributed by atoms with Crippen molar-refractivity contribution in [3.8, 4) is 16.9 Å². The molecule has 6 heteroatoms. The van der Waals surface area contributed by atoms with Crippen LogP contribution >= 0.6 is 0 Å². The zero-order valence-electron chi connectivity index (χ0n) is 14.3. The first-order valence-electron chi connectivity index (χ1n) is 8.74. The van der Waals surface area contributed by atoms with E-state index in [-0.39, 0.29) is 11.9 Å². The van der Waals surface area contributed by atoms with Gasteiger partial charge in [-0.2, -0.15) is 0 Å². The van der Waals surface area contributed by atoms with Crippen LogP contribution in [-0.4, -0.2) is 29.2 Å². The van der Waals surface area contributed by atoms with Crippen molar-refractivity contribution in [1.82, 2.24) is 9.97 Å². The number of rotatable bonds is 4. The van der Waals surface area contributed by atoms with Crippen LogP contribution in [0.3, 0.4) is 0 Å². The lowest BCUT2D eigenvalue weighted by molar-refractivity contribution is 0.0971. The van der Waals surface area contributed by atoms with Crippen molar-refractivity contribution < 1.29 is 9.47 Å². The van der Waals surface area contributed by atoms with Gasteiger partial charge >= 0.3 is 0 Å². The van der Waals surface area contributed by atoms with E-state index in [1.54, 1.807) is 0 Å². The molecule has 25 heavy (non-hydrogen) atoms. The largest absolute Gasteiger partial charge is 0.493 e. The molecular weight excluding hydrogens is 316 g/mol. The van der Waals surface area contributed by atoms with Crippen molar-refractivity contribution in [2.24, 2.45) is 16.6 Å². The van der Waals surface area contributed by atoms with Gasteiger partial charge in [0.1, 0.15) is 24.2 Å². The molecular formula is C19H22N4O2. The van der Waals surface area contributed by atoms with E-state index < -0.39 is 5.54 Å². The molecule has 1 spiro atoms. The van der Waals surface area contributed by atoms with Gasteiger partial charge in [0, 0.05) is 29.4 Å². The number of ether oxygens (including phenoxy) is 2. The summed E-state index contributed by atoms with van der Waals surface area (Å²) in [6, 6.07) is 6.42. The van der Waals surface area contributed by atoms with Crippen LogP contribution < -0.4 is 10.5 Å². The zero-order chi connectivity index (χ0) is 17.3. The van der Waals surface area contributed by atoms with Crippen LogP contribution in [0.15, 0.2) is 41.9 Å². The number of fused-ring (bicyclic) bond motifs is 2. The normalized spacial score (nSPS) is 24.4. The third-order valence-electron chi connectivity index (χ3n) is 5.11. The molecule has 0 saturated carbocycles. The van der Waals surface area contributed by atoms with Gasteiger partial charge in [0.15, 0.2) is 0 Å². The fourth-order valence-electron chi connectivity index (χ4n) is 3.73. The Balaban J connectivity index is 1.80. The Bertz CT molecular complexity index is 793. The number of hydrogen-bond donors (Lipinski definition) is 1. The number of amidine groups is 1. The summed E-state index contributed by atoms with van der Waals surface area (Å²) in [4.78, 5) is 13.0. The molecule has 1 aromatic heterocycles. The molecule has 6 nitrogen and oxygen atoms in total. The summed E-state index contributed by atoms with van der Waals surface area (Å²) >= 11 is 0. The Morgan fingerprint density at radius 2 is 2.04 bits per heavy atom. The van der Waals surface area contributed by atoms with Crippen LogP contribution in [-0.2, 0) is 10.3 Å². The number of nitrogens with two attached hydrogens (primary N) is 1. The standard InChI is InChI=1S/C19H22N4O2/c1-2-3-4-15-10-24-17-6-5-13(14-8-21-12-22-9-14)7-16(17)19(15)11-25-18(20)23-19/h5-9,12,15H,2-4,10-11H2,1H3,(H2,20,23)/t15-,19?/m1/s1. The molecule has 2 N–H and O–H groups in total. The highest BCUT2D eigenvalue weighted by Crippen LogP contribution is 2.48. The summed E-state index contributed by atoms with van der Waals surface area (Å²) < 4.78 is 11.7. The maximum Gasteiger partial charge on any atom is 0.283 e. The Kier molecular flexibility index (Phi) is 4.03. The van der Waals surface area contributed by atoms with Gasteiger partial charge in [0.05, 0.1) is 6.61 Å². The summed E-state index contributed by atoms with van der Waals surface area (Å²) in [7, 11) is 0. The minimum Gasteiger partial charge on any atom is -0.493 e. The van der Waals surface area contributed by atoms with Gasteiger partial charge < -0.3 is 15.2 Å². The van der Waals surface area contributed by atoms with E-state index in [2.05, 4.69) is 23.0 Å². The lowest BCUT2D eigenvalue weighted by Gasteiger charge is -2.39. The molecule has 4 rings (SSSR count).